The van der Waals surface area contributed by atoms with Crippen LogP contribution < -0.4 is 0 Å². The van der Waals surface area contributed by atoms with Crippen LogP contribution in [0.3, 0.4) is 0 Å². The Hall–Kier alpha value is -6.18. The Balaban J connectivity index is 1.53. The van der Waals surface area contributed by atoms with Crippen molar-refractivity contribution in [3.63, 3.8) is 0 Å². The summed E-state index contributed by atoms with van der Waals surface area (Å²) >= 11 is 0. The van der Waals surface area contributed by atoms with E-state index < -0.39 is 268 Å². The van der Waals surface area contributed by atoms with E-state index in [0.717, 1.165) is 0 Å². The van der Waals surface area contributed by atoms with E-state index >= 15 is 0 Å². The highest BCUT2D eigenvalue weighted by atomic mass is 16.3. The molecule has 218 valence electrons. The first-order chi connectivity index (χ1) is 35.0. The van der Waals surface area contributed by atoms with Crippen molar-refractivity contribution >= 4 is 65.0 Å². The molecule has 0 aliphatic carbocycles. The largest absolute Gasteiger partial charge is 0.456 e. The van der Waals surface area contributed by atoms with Gasteiger partial charge in [-0.05, 0) is 94.6 Å². The third-order valence-electron chi connectivity index (χ3n) is 7.82. The van der Waals surface area contributed by atoms with Gasteiger partial charge in [-0.1, -0.05) is 151 Å². The molecule has 0 spiro atoms. The van der Waals surface area contributed by atoms with Gasteiger partial charge in [0.2, 0.25) is 0 Å². The molecule has 0 saturated heterocycles. The molecule has 0 unspecified atom stereocenters. The molecule has 0 aliphatic heterocycles. The molecule has 9 aromatic carbocycles. The number of furan rings is 1. The highest BCUT2D eigenvalue weighted by Gasteiger charge is 2.20. The van der Waals surface area contributed by atoms with Crippen molar-refractivity contribution in [3.05, 3.63) is 169 Å². The quantitative estimate of drug-likeness (QED) is 0.141. The van der Waals surface area contributed by atoms with Gasteiger partial charge in [0, 0.05) is 10.8 Å². The molecule has 10 rings (SSSR count). The van der Waals surface area contributed by atoms with E-state index in [1.165, 1.54) is 0 Å². The smallest absolute Gasteiger partial charge is 0.136 e. The fraction of sp³-hybridized carbons (Fsp3) is 0. The van der Waals surface area contributed by atoms with Crippen molar-refractivity contribution in [1.29, 1.82) is 0 Å². The van der Waals surface area contributed by atoms with Crippen LogP contribution >= 0.6 is 0 Å². The molecule has 0 fully saturated rings. The number of para-hydroxylation sites is 1. The van der Waals surface area contributed by atoms with E-state index in [0.29, 0.717) is 0 Å². The Kier molecular flexibility index (Phi) is 2.31. The zero-order chi connectivity index (χ0) is 55.3. The maximum atomic E-state index is 9.99. The fourth-order valence-corrected chi connectivity index (χ4v) is 5.89. The van der Waals surface area contributed by atoms with Gasteiger partial charge in [0.25, 0.3) is 0 Å². The summed E-state index contributed by atoms with van der Waals surface area (Å²) in [4.78, 5) is 0. The first-order valence-corrected chi connectivity index (χ1v) is 13.9. The SMILES string of the molecule is [2H]c1c([2H])c(-c2c3c([2H])c([2H])c([2H])c([2H])c3c(-c3c([2H])c([2H])c([2H])c4oc5c([2H])c([2H])c([2H])c([2H])c5c34)c3c([2H])c([2H])c([2H])c([2H])c23)c([2H])c(-c2c([2H])c([2H])c([2H])c3c2c([2H])c([2H])c2c([2H])c([2H])c([2H])c([2H])c23)c1[2H]. The maximum absolute atomic E-state index is 9.99. The summed E-state index contributed by atoms with van der Waals surface area (Å²) in [6.45, 7) is 0. The van der Waals surface area contributed by atoms with Crippen LogP contribution in [0.2, 0.25) is 0 Å². The van der Waals surface area contributed by atoms with Crippen LogP contribution in [0.5, 0.6) is 0 Å². The fourth-order valence-electron chi connectivity index (χ4n) is 5.89. The monoisotopic (exact) mass is 624 g/mol. The van der Waals surface area contributed by atoms with E-state index in [-0.39, 0.29) is 0 Å². The van der Waals surface area contributed by atoms with Gasteiger partial charge in [-0.25, -0.2) is 0 Å². The Bertz CT molecular complexity index is 4360. The summed E-state index contributed by atoms with van der Waals surface area (Å²) < 4.78 is 259. The molecule has 1 aromatic heterocycles. The highest BCUT2D eigenvalue weighted by Crippen LogP contribution is 2.47. The molecule has 47 heavy (non-hydrogen) atoms. The minimum Gasteiger partial charge on any atom is -0.456 e. The van der Waals surface area contributed by atoms with Crippen LogP contribution in [-0.4, -0.2) is 0 Å². The van der Waals surface area contributed by atoms with Crippen LogP contribution in [-0.2, 0) is 0 Å². The van der Waals surface area contributed by atoms with Gasteiger partial charge in [-0.3, -0.25) is 0 Å². The lowest BCUT2D eigenvalue weighted by Crippen LogP contribution is -1.92. The van der Waals surface area contributed by atoms with Crippen LogP contribution in [0.15, 0.2) is 174 Å². The molecule has 0 amide bonds. The molecular formula is C46H28O. The molecule has 0 N–H and O–H groups in total. The average molecular weight is 625 g/mol. The lowest BCUT2D eigenvalue weighted by Gasteiger charge is -2.19. The van der Waals surface area contributed by atoms with E-state index in [1.807, 2.05) is 0 Å². The van der Waals surface area contributed by atoms with Gasteiger partial charge in [-0.15, -0.1) is 0 Å². The molecule has 0 atom stereocenters. The van der Waals surface area contributed by atoms with Gasteiger partial charge in [-0.2, -0.15) is 0 Å². The van der Waals surface area contributed by atoms with Crippen molar-refractivity contribution in [1.82, 2.24) is 0 Å². The van der Waals surface area contributed by atoms with Crippen molar-refractivity contribution in [2.24, 2.45) is 0 Å². The van der Waals surface area contributed by atoms with Gasteiger partial charge >= 0.3 is 0 Å². The van der Waals surface area contributed by atoms with Gasteiger partial charge in [0.1, 0.15) is 11.2 Å². The highest BCUT2D eigenvalue weighted by molar-refractivity contribution is 6.25. The Labute approximate surface area is 311 Å². The van der Waals surface area contributed by atoms with E-state index in [2.05, 4.69) is 0 Å². The first kappa shape index (κ1) is 10.7. The van der Waals surface area contributed by atoms with E-state index in [9.17, 15) is 15.1 Å². The van der Waals surface area contributed by atoms with Crippen LogP contribution in [0, 0.1) is 0 Å². The molecule has 0 bridgehead atoms. The van der Waals surface area contributed by atoms with Gasteiger partial charge < -0.3 is 4.42 Å². The first-order valence-electron chi connectivity index (χ1n) is 27.9. The second-order valence-corrected chi connectivity index (χ2v) is 10.3. The number of rotatable bonds is 3. The number of fused-ring (bicyclic) bond motifs is 8. The van der Waals surface area contributed by atoms with Crippen LogP contribution in [0.1, 0.15) is 38.4 Å². The third kappa shape index (κ3) is 3.90. The number of hydrogen-bond donors (Lipinski definition) is 0. The number of hydrogen-bond acceptors (Lipinski definition) is 1. The maximum Gasteiger partial charge on any atom is 0.136 e. The topological polar surface area (TPSA) is 13.1 Å². The van der Waals surface area contributed by atoms with Crippen LogP contribution in [0.25, 0.3) is 98.4 Å². The summed E-state index contributed by atoms with van der Waals surface area (Å²) in [7, 11) is 0. The summed E-state index contributed by atoms with van der Waals surface area (Å²) in [6, 6.07) is -26.4. The minimum atomic E-state index is -1.11. The molecule has 10 aromatic rings. The van der Waals surface area contributed by atoms with Crippen molar-refractivity contribution < 1.29 is 42.8 Å². The minimum absolute atomic E-state index is 0.490. The third-order valence-corrected chi connectivity index (χ3v) is 7.82. The van der Waals surface area contributed by atoms with E-state index in [4.69, 9.17) is 27.7 Å². The summed E-state index contributed by atoms with van der Waals surface area (Å²) in [5.41, 5.74) is -5.98. The molecule has 0 saturated carbocycles. The van der Waals surface area contributed by atoms with Gasteiger partial charge in [0.15, 0.2) is 0 Å². The Morgan fingerprint density at radius 1 is 0.340 bits per heavy atom. The van der Waals surface area contributed by atoms with Gasteiger partial charge in [0.05, 0.1) is 38.4 Å². The Morgan fingerprint density at radius 2 is 0.894 bits per heavy atom. The summed E-state index contributed by atoms with van der Waals surface area (Å²) in [5.74, 6) is 0. The lowest BCUT2D eigenvalue weighted by atomic mass is 9.84. The standard InChI is InChI=1S/C46H28O/c1-2-15-32-29(12-1)26-27-35-33(21-10-22-34(32)35)30-13-9-14-31(28-30)44-36-16-3-5-18-38(36)45(39-19-6-4-17-37(39)44)41-23-11-25-43-46(41)40-20-7-8-24-42(40)47-43/h1-28H/i1D,2D,3D,4D,5D,6D,7D,8D,9D,10D,11D,12D,13D,14D,15D,16D,17D,18D,19D,20D,21D,22D,23D,24D,25D,26D,27D,28D. The predicted molar refractivity (Wildman–Crippen MR) is 200 cm³/mol. The molecule has 1 heteroatoms. The lowest BCUT2D eigenvalue weighted by molar-refractivity contribution is 0.669. The second kappa shape index (κ2) is 10.2. The molecule has 0 aliphatic rings. The summed E-state index contributed by atoms with van der Waals surface area (Å²) in [5, 5.41) is -6.42. The molecule has 1 nitrogen and oxygen atoms in total. The van der Waals surface area contributed by atoms with Crippen LogP contribution in [0.4, 0.5) is 0 Å². The summed E-state index contributed by atoms with van der Waals surface area (Å²) in [6.07, 6.45) is 0. The zero-order valence-corrected chi connectivity index (χ0v) is 23.4. The zero-order valence-electron chi connectivity index (χ0n) is 51.4. The van der Waals surface area contributed by atoms with Crippen molar-refractivity contribution in [2.75, 3.05) is 0 Å². The molecule has 1 heterocycles. The molecular weight excluding hydrogens is 569 g/mol. The van der Waals surface area contributed by atoms with E-state index in [1.54, 1.807) is 0 Å². The normalized spacial score (nSPS) is 20.2. The molecule has 0 radical (unpaired) electrons. The average Bonchev–Trinajstić information content (AvgIpc) is 3.78. The second-order valence-electron chi connectivity index (χ2n) is 10.3. The number of benzene rings is 9. The van der Waals surface area contributed by atoms with Crippen molar-refractivity contribution in [2.45, 2.75) is 0 Å². The Morgan fingerprint density at radius 3 is 1.68 bits per heavy atom. The predicted octanol–water partition coefficient (Wildman–Crippen LogP) is 13.2. The van der Waals surface area contributed by atoms with Crippen molar-refractivity contribution in [3.8, 4) is 33.4 Å².